The average Bonchev–Trinajstić information content (AvgIpc) is 3.01. The maximum atomic E-state index is 11.9. The number of nitrogens with one attached hydrogen (secondary N) is 2. The van der Waals surface area contributed by atoms with Gasteiger partial charge >= 0.3 is 11.8 Å². The van der Waals surface area contributed by atoms with Crippen molar-refractivity contribution in [3.05, 3.63) is 52.2 Å². The minimum Gasteiger partial charge on any atom is -0.347 e. The predicted octanol–water partition coefficient (Wildman–Crippen LogP) is 2.61. The number of carbonyl (C=O) groups is 2. The SMILES string of the molecule is CCc1ccccc1NC(=O)C(=O)NCCc1ccsc1. The summed E-state index contributed by atoms with van der Waals surface area (Å²) in [6.45, 7) is 2.46. The molecular formula is C16H18N2O2S. The fourth-order valence-corrected chi connectivity index (χ4v) is 2.67. The van der Waals surface area contributed by atoms with Gasteiger partial charge in [0.1, 0.15) is 0 Å². The highest BCUT2D eigenvalue weighted by atomic mass is 32.1. The molecule has 110 valence electrons. The molecule has 0 aliphatic heterocycles. The molecule has 0 bridgehead atoms. The Morgan fingerprint density at radius 2 is 1.95 bits per heavy atom. The second-order valence-corrected chi connectivity index (χ2v) is 5.38. The Morgan fingerprint density at radius 1 is 1.14 bits per heavy atom. The van der Waals surface area contributed by atoms with E-state index in [1.807, 2.05) is 41.9 Å². The summed E-state index contributed by atoms with van der Waals surface area (Å²) in [5.41, 5.74) is 2.87. The van der Waals surface area contributed by atoms with Crippen LogP contribution in [-0.4, -0.2) is 18.4 Å². The first-order valence-corrected chi connectivity index (χ1v) is 7.83. The van der Waals surface area contributed by atoms with Crippen molar-refractivity contribution in [1.82, 2.24) is 5.32 Å². The van der Waals surface area contributed by atoms with Gasteiger partial charge < -0.3 is 10.6 Å². The third-order valence-electron chi connectivity index (χ3n) is 3.13. The van der Waals surface area contributed by atoms with Gasteiger partial charge in [0.05, 0.1) is 0 Å². The highest BCUT2D eigenvalue weighted by Gasteiger charge is 2.14. The monoisotopic (exact) mass is 302 g/mol. The number of rotatable bonds is 5. The van der Waals surface area contributed by atoms with Crippen molar-refractivity contribution in [1.29, 1.82) is 0 Å². The molecule has 5 heteroatoms. The molecule has 0 unspecified atom stereocenters. The number of anilines is 1. The highest BCUT2D eigenvalue weighted by molar-refractivity contribution is 7.07. The first-order valence-electron chi connectivity index (χ1n) is 6.89. The van der Waals surface area contributed by atoms with Crippen LogP contribution in [0.5, 0.6) is 0 Å². The Morgan fingerprint density at radius 3 is 2.67 bits per heavy atom. The lowest BCUT2D eigenvalue weighted by atomic mass is 10.1. The van der Waals surface area contributed by atoms with E-state index in [0.29, 0.717) is 12.2 Å². The number of carbonyl (C=O) groups excluding carboxylic acids is 2. The molecule has 2 amide bonds. The zero-order valence-electron chi connectivity index (χ0n) is 11.9. The fraction of sp³-hybridized carbons (Fsp3) is 0.250. The topological polar surface area (TPSA) is 58.2 Å². The number of hydrogen-bond acceptors (Lipinski definition) is 3. The summed E-state index contributed by atoms with van der Waals surface area (Å²) in [7, 11) is 0. The third kappa shape index (κ3) is 4.43. The summed E-state index contributed by atoms with van der Waals surface area (Å²) in [5.74, 6) is -1.22. The van der Waals surface area contributed by atoms with E-state index < -0.39 is 11.8 Å². The van der Waals surface area contributed by atoms with Gasteiger partial charge in [-0.3, -0.25) is 9.59 Å². The molecule has 2 N–H and O–H groups in total. The second kappa shape index (κ2) is 7.59. The van der Waals surface area contributed by atoms with E-state index >= 15 is 0 Å². The van der Waals surface area contributed by atoms with E-state index in [1.165, 1.54) is 0 Å². The molecule has 2 rings (SSSR count). The van der Waals surface area contributed by atoms with Crippen molar-refractivity contribution in [2.75, 3.05) is 11.9 Å². The molecule has 21 heavy (non-hydrogen) atoms. The molecule has 0 atom stereocenters. The van der Waals surface area contributed by atoms with Crippen LogP contribution in [0.4, 0.5) is 5.69 Å². The number of benzene rings is 1. The molecule has 0 saturated carbocycles. The zero-order valence-corrected chi connectivity index (χ0v) is 12.7. The Balaban J connectivity index is 1.83. The van der Waals surface area contributed by atoms with Gasteiger partial charge in [-0.2, -0.15) is 11.3 Å². The molecular weight excluding hydrogens is 284 g/mol. The van der Waals surface area contributed by atoms with Gasteiger partial charge in [-0.1, -0.05) is 25.1 Å². The van der Waals surface area contributed by atoms with E-state index in [4.69, 9.17) is 0 Å². The first kappa shape index (κ1) is 15.3. The molecule has 0 spiro atoms. The van der Waals surface area contributed by atoms with Crippen LogP contribution in [0.3, 0.4) is 0 Å². The van der Waals surface area contributed by atoms with Crippen molar-refractivity contribution in [2.45, 2.75) is 19.8 Å². The summed E-state index contributed by atoms with van der Waals surface area (Å²) < 4.78 is 0. The third-order valence-corrected chi connectivity index (χ3v) is 3.86. The summed E-state index contributed by atoms with van der Waals surface area (Å²) in [5, 5.41) is 9.31. The lowest BCUT2D eigenvalue weighted by Gasteiger charge is -2.09. The van der Waals surface area contributed by atoms with E-state index in [-0.39, 0.29) is 0 Å². The molecule has 2 aromatic rings. The molecule has 1 aromatic carbocycles. The van der Waals surface area contributed by atoms with Crippen molar-refractivity contribution in [3.63, 3.8) is 0 Å². The first-order chi connectivity index (χ1) is 10.2. The predicted molar refractivity (Wildman–Crippen MR) is 85.5 cm³/mol. The molecule has 1 aromatic heterocycles. The number of amides is 2. The molecule has 0 aliphatic carbocycles. The van der Waals surface area contributed by atoms with Gasteiger partial charge in [-0.05, 0) is 46.9 Å². The van der Waals surface area contributed by atoms with Gasteiger partial charge in [0, 0.05) is 12.2 Å². The van der Waals surface area contributed by atoms with Crippen LogP contribution in [0.1, 0.15) is 18.1 Å². The maximum Gasteiger partial charge on any atom is 0.313 e. The van der Waals surface area contributed by atoms with E-state index in [1.54, 1.807) is 17.4 Å². The van der Waals surface area contributed by atoms with Crippen LogP contribution in [0, 0.1) is 0 Å². The maximum absolute atomic E-state index is 11.9. The van der Waals surface area contributed by atoms with Crippen molar-refractivity contribution >= 4 is 28.8 Å². The Kier molecular flexibility index (Phi) is 5.51. The number of thiophene rings is 1. The van der Waals surface area contributed by atoms with E-state index in [2.05, 4.69) is 10.6 Å². The Hall–Kier alpha value is -2.14. The smallest absolute Gasteiger partial charge is 0.313 e. The lowest BCUT2D eigenvalue weighted by Crippen LogP contribution is -2.36. The zero-order chi connectivity index (χ0) is 15.1. The summed E-state index contributed by atoms with van der Waals surface area (Å²) in [4.78, 5) is 23.6. The van der Waals surface area contributed by atoms with Crippen LogP contribution >= 0.6 is 11.3 Å². The molecule has 1 heterocycles. The van der Waals surface area contributed by atoms with Gasteiger partial charge in [0.2, 0.25) is 0 Å². The summed E-state index contributed by atoms with van der Waals surface area (Å²) in [6.07, 6.45) is 1.53. The van der Waals surface area contributed by atoms with Gasteiger partial charge in [0.25, 0.3) is 0 Å². The quantitative estimate of drug-likeness (QED) is 0.834. The minimum absolute atomic E-state index is 0.457. The van der Waals surface area contributed by atoms with Crippen molar-refractivity contribution in [2.24, 2.45) is 0 Å². The fourth-order valence-electron chi connectivity index (χ4n) is 1.97. The van der Waals surface area contributed by atoms with Crippen LogP contribution in [0.2, 0.25) is 0 Å². The van der Waals surface area contributed by atoms with E-state index in [0.717, 1.165) is 24.0 Å². The Bertz CT molecular complexity index is 608. The highest BCUT2D eigenvalue weighted by Crippen LogP contribution is 2.15. The molecule has 0 aliphatic rings. The van der Waals surface area contributed by atoms with Crippen molar-refractivity contribution in [3.8, 4) is 0 Å². The minimum atomic E-state index is -0.624. The summed E-state index contributed by atoms with van der Waals surface area (Å²) >= 11 is 1.62. The molecule has 4 nitrogen and oxygen atoms in total. The largest absolute Gasteiger partial charge is 0.347 e. The lowest BCUT2D eigenvalue weighted by molar-refractivity contribution is -0.136. The van der Waals surface area contributed by atoms with E-state index in [9.17, 15) is 9.59 Å². The summed E-state index contributed by atoms with van der Waals surface area (Å²) in [6, 6.07) is 9.49. The molecule has 0 fully saturated rings. The normalized spacial score (nSPS) is 10.1. The van der Waals surface area contributed by atoms with Gasteiger partial charge in [-0.15, -0.1) is 0 Å². The molecule has 0 radical (unpaired) electrons. The van der Waals surface area contributed by atoms with Crippen LogP contribution in [0.15, 0.2) is 41.1 Å². The van der Waals surface area contributed by atoms with Gasteiger partial charge in [0.15, 0.2) is 0 Å². The number of para-hydroxylation sites is 1. The molecule has 0 saturated heterocycles. The number of hydrogen-bond donors (Lipinski definition) is 2. The van der Waals surface area contributed by atoms with Crippen LogP contribution in [-0.2, 0) is 22.4 Å². The van der Waals surface area contributed by atoms with Crippen LogP contribution in [0.25, 0.3) is 0 Å². The average molecular weight is 302 g/mol. The second-order valence-electron chi connectivity index (χ2n) is 4.60. The Labute approximate surface area is 128 Å². The van der Waals surface area contributed by atoms with Gasteiger partial charge in [-0.25, -0.2) is 0 Å². The standard InChI is InChI=1S/C16H18N2O2S/c1-2-13-5-3-4-6-14(13)18-16(20)15(19)17-9-7-12-8-10-21-11-12/h3-6,8,10-11H,2,7,9H2,1H3,(H,17,19)(H,18,20). The van der Waals surface area contributed by atoms with Crippen LogP contribution < -0.4 is 10.6 Å². The number of aryl methyl sites for hydroxylation is 1. The van der Waals surface area contributed by atoms with Crippen molar-refractivity contribution < 1.29 is 9.59 Å².